The number of halogens is 1. The number of nitrogen functional groups attached to an aromatic ring is 1. The Morgan fingerprint density at radius 2 is 1.57 bits per heavy atom. The minimum absolute atomic E-state index is 0.247. The van der Waals surface area contributed by atoms with Crippen molar-refractivity contribution >= 4 is 29.2 Å². The van der Waals surface area contributed by atoms with Crippen molar-refractivity contribution < 1.29 is 19.1 Å². The maximum atomic E-state index is 12.1. The monoisotopic (exact) mass is 411 g/mol. The molecule has 1 atom stereocenters. The molecule has 0 spiro atoms. The normalized spacial score (nSPS) is 11.8. The smallest absolute Gasteiger partial charge is 0.347 e. The number of esters is 2. The van der Waals surface area contributed by atoms with E-state index in [1.807, 2.05) is 0 Å². The van der Waals surface area contributed by atoms with Crippen LogP contribution in [0.1, 0.15) is 88.4 Å². The molecule has 1 aromatic rings. The molecule has 0 heterocycles. The molecule has 1 rings (SSSR count). The lowest BCUT2D eigenvalue weighted by molar-refractivity contribution is -0.153. The minimum atomic E-state index is -0.965. The van der Waals surface area contributed by atoms with Gasteiger partial charge in [-0.3, -0.25) is 0 Å². The van der Waals surface area contributed by atoms with Gasteiger partial charge in [-0.1, -0.05) is 76.3 Å². The van der Waals surface area contributed by atoms with E-state index in [0.717, 1.165) is 19.3 Å². The highest BCUT2D eigenvalue weighted by molar-refractivity contribution is 6.33. The summed E-state index contributed by atoms with van der Waals surface area (Å²) in [6, 6.07) is 4.44. The summed E-state index contributed by atoms with van der Waals surface area (Å²) in [6.45, 7) is 4.08. The Balaban J connectivity index is 2.11. The van der Waals surface area contributed by atoms with Crippen molar-refractivity contribution in [3.63, 3.8) is 0 Å². The van der Waals surface area contributed by atoms with Crippen molar-refractivity contribution in [1.82, 2.24) is 0 Å². The largest absolute Gasteiger partial charge is 0.463 e. The molecule has 0 aliphatic carbocycles. The number of ether oxygens (including phenoxy) is 2. The van der Waals surface area contributed by atoms with Gasteiger partial charge >= 0.3 is 11.9 Å². The zero-order valence-corrected chi connectivity index (χ0v) is 17.9. The van der Waals surface area contributed by atoms with Gasteiger partial charge in [0.25, 0.3) is 0 Å². The minimum Gasteiger partial charge on any atom is -0.463 e. The van der Waals surface area contributed by atoms with Crippen molar-refractivity contribution in [1.29, 1.82) is 0 Å². The topological polar surface area (TPSA) is 78.6 Å². The maximum absolute atomic E-state index is 12.1. The fraction of sp³-hybridized carbons (Fsp3) is 0.636. The molecule has 0 saturated carbocycles. The number of hydrogen-bond acceptors (Lipinski definition) is 5. The second kappa shape index (κ2) is 14.3. The number of carbonyl (C=O) groups is 2. The van der Waals surface area contributed by atoms with Crippen LogP contribution in [0.25, 0.3) is 0 Å². The first-order valence-electron chi connectivity index (χ1n) is 10.4. The number of hydrogen-bond donors (Lipinski definition) is 1. The van der Waals surface area contributed by atoms with E-state index in [-0.39, 0.29) is 11.3 Å². The van der Waals surface area contributed by atoms with Gasteiger partial charge in [0, 0.05) is 0 Å². The standard InChI is InChI=1S/C22H34ClNO4/c1-3-4-5-6-7-8-9-10-11-12-15-27-21(25)17(2)28-22(26)18-13-14-19(23)20(24)16-18/h13-14,16-17H,3-12,15,24H2,1-2H3/t17-/m1/s1. The molecule has 0 bridgehead atoms. The molecule has 2 N–H and O–H groups in total. The van der Waals surface area contributed by atoms with Crippen LogP contribution in [-0.2, 0) is 14.3 Å². The second-order valence-corrected chi connectivity index (χ2v) is 7.54. The molecule has 0 unspecified atom stereocenters. The third-order valence-corrected chi connectivity index (χ3v) is 4.93. The zero-order chi connectivity index (χ0) is 20.8. The number of rotatable bonds is 14. The molecule has 0 aliphatic heterocycles. The predicted octanol–water partition coefficient (Wildman–Crippen LogP) is 5.93. The number of benzene rings is 1. The van der Waals surface area contributed by atoms with Crippen LogP contribution in [0, 0.1) is 0 Å². The molecular weight excluding hydrogens is 378 g/mol. The molecule has 0 aromatic heterocycles. The van der Waals surface area contributed by atoms with Gasteiger partial charge in [0.05, 0.1) is 22.9 Å². The summed E-state index contributed by atoms with van der Waals surface area (Å²) >= 11 is 5.83. The van der Waals surface area contributed by atoms with Crippen molar-refractivity contribution in [3.8, 4) is 0 Å². The fourth-order valence-corrected chi connectivity index (χ4v) is 2.94. The number of unbranched alkanes of at least 4 members (excludes halogenated alkanes) is 9. The van der Waals surface area contributed by atoms with E-state index in [2.05, 4.69) is 6.92 Å². The van der Waals surface area contributed by atoms with E-state index in [0.29, 0.717) is 11.6 Å². The van der Waals surface area contributed by atoms with Crippen LogP contribution in [-0.4, -0.2) is 24.6 Å². The summed E-state index contributed by atoms with van der Waals surface area (Å²) in [6.07, 6.45) is 11.2. The molecule has 0 aliphatic rings. The molecule has 5 nitrogen and oxygen atoms in total. The highest BCUT2D eigenvalue weighted by atomic mass is 35.5. The molecule has 1 aromatic carbocycles. The molecule has 0 saturated heterocycles. The molecular formula is C22H34ClNO4. The number of carbonyl (C=O) groups excluding carboxylic acids is 2. The van der Waals surface area contributed by atoms with Gasteiger partial charge in [0.1, 0.15) is 0 Å². The molecule has 158 valence electrons. The van der Waals surface area contributed by atoms with Gasteiger partial charge in [-0.2, -0.15) is 0 Å². The van der Waals surface area contributed by atoms with Gasteiger partial charge in [0.2, 0.25) is 0 Å². The number of anilines is 1. The Kier molecular flexibility index (Phi) is 12.4. The molecule has 0 radical (unpaired) electrons. The van der Waals surface area contributed by atoms with Gasteiger partial charge in [-0.25, -0.2) is 9.59 Å². The summed E-state index contributed by atoms with van der Waals surface area (Å²) < 4.78 is 10.3. The lowest BCUT2D eigenvalue weighted by Gasteiger charge is -2.13. The van der Waals surface area contributed by atoms with Gasteiger partial charge in [0.15, 0.2) is 6.10 Å². The van der Waals surface area contributed by atoms with Crippen LogP contribution in [0.3, 0.4) is 0 Å². The first-order valence-corrected chi connectivity index (χ1v) is 10.8. The summed E-state index contributed by atoms with van der Waals surface area (Å²) in [7, 11) is 0. The van der Waals surface area contributed by atoms with Gasteiger partial charge in [-0.15, -0.1) is 0 Å². The summed E-state index contributed by atoms with van der Waals surface area (Å²) in [5.41, 5.74) is 6.20. The number of nitrogens with two attached hydrogens (primary N) is 1. The van der Waals surface area contributed by atoms with E-state index in [4.69, 9.17) is 26.8 Å². The van der Waals surface area contributed by atoms with Gasteiger partial charge < -0.3 is 15.2 Å². The second-order valence-electron chi connectivity index (χ2n) is 7.13. The highest BCUT2D eigenvalue weighted by Gasteiger charge is 2.20. The van der Waals surface area contributed by atoms with Crippen LogP contribution >= 0.6 is 11.6 Å². The summed E-state index contributed by atoms with van der Waals surface area (Å²) in [5.74, 6) is -1.17. The van der Waals surface area contributed by atoms with Crippen molar-refractivity contribution in [2.24, 2.45) is 0 Å². The Morgan fingerprint density at radius 1 is 1.00 bits per heavy atom. The Labute approximate surface area is 173 Å². The average molecular weight is 412 g/mol. The quantitative estimate of drug-likeness (QED) is 0.233. The van der Waals surface area contributed by atoms with E-state index < -0.39 is 18.0 Å². The average Bonchev–Trinajstić information content (AvgIpc) is 2.67. The van der Waals surface area contributed by atoms with E-state index in [1.165, 1.54) is 70.1 Å². The Bertz CT molecular complexity index is 606. The molecule has 28 heavy (non-hydrogen) atoms. The summed E-state index contributed by atoms with van der Waals surface area (Å²) in [4.78, 5) is 24.0. The lowest BCUT2D eigenvalue weighted by atomic mass is 10.1. The van der Waals surface area contributed by atoms with Crippen LogP contribution in [0.4, 0.5) is 5.69 Å². The Morgan fingerprint density at radius 3 is 2.14 bits per heavy atom. The third kappa shape index (κ3) is 9.98. The van der Waals surface area contributed by atoms with E-state index in [1.54, 1.807) is 0 Å². The molecule has 0 amide bonds. The Hall–Kier alpha value is -1.75. The van der Waals surface area contributed by atoms with Crippen LogP contribution in [0.2, 0.25) is 5.02 Å². The highest BCUT2D eigenvalue weighted by Crippen LogP contribution is 2.20. The van der Waals surface area contributed by atoms with Crippen LogP contribution in [0.15, 0.2) is 18.2 Å². The van der Waals surface area contributed by atoms with E-state index >= 15 is 0 Å². The SMILES string of the molecule is CCCCCCCCCCCCOC(=O)[C@@H](C)OC(=O)c1ccc(Cl)c(N)c1. The van der Waals surface area contributed by atoms with Gasteiger partial charge in [-0.05, 0) is 31.5 Å². The lowest BCUT2D eigenvalue weighted by Crippen LogP contribution is -2.26. The zero-order valence-electron chi connectivity index (χ0n) is 17.2. The van der Waals surface area contributed by atoms with Crippen LogP contribution in [0.5, 0.6) is 0 Å². The van der Waals surface area contributed by atoms with Crippen molar-refractivity contribution in [2.45, 2.75) is 84.2 Å². The van der Waals surface area contributed by atoms with Crippen LogP contribution < -0.4 is 5.73 Å². The maximum Gasteiger partial charge on any atom is 0.347 e. The predicted molar refractivity (Wildman–Crippen MR) is 114 cm³/mol. The first kappa shape index (κ1) is 24.3. The first-order chi connectivity index (χ1) is 13.5. The summed E-state index contributed by atoms with van der Waals surface area (Å²) in [5, 5.41) is 0.362. The third-order valence-electron chi connectivity index (χ3n) is 4.59. The van der Waals surface area contributed by atoms with Crippen molar-refractivity contribution in [2.75, 3.05) is 12.3 Å². The van der Waals surface area contributed by atoms with E-state index in [9.17, 15) is 9.59 Å². The van der Waals surface area contributed by atoms with Crippen molar-refractivity contribution in [3.05, 3.63) is 28.8 Å². The molecule has 6 heteroatoms. The molecule has 0 fully saturated rings. The fourth-order valence-electron chi connectivity index (χ4n) is 2.83.